The van der Waals surface area contributed by atoms with Crippen LogP contribution in [-0.2, 0) is 0 Å². The van der Waals surface area contributed by atoms with Crippen LogP contribution < -0.4 is 10.6 Å². The average Bonchev–Trinajstić information content (AvgIpc) is 2.43. The first-order chi connectivity index (χ1) is 9.61. The van der Waals surface area contributed by atoms with Crippen molar-refractivity contribution in [3.8, 4) is 0 Å². The lowest BCUT2D eigenvalue weighted by atomic mass is 10.2. The number of aromatic nitrogens is 2. The summed E-state index contributed by atoms with van der Waals surface area (Å²) in [5, 5.41) is 6.14. The Morgan fingerprint density at radius 3 is 2.85 bits per heavy atom. The number of pyridine rings is 2. The van der Waals surface area contributed by atoms with E-state index in [0.29, 0.717) is 16.5 Å². The van der Waals surface area contributed by atoms with E-state index in [-0.39, 0.29) is 11.6 Å². The Hall–Kier alpha value is -2.14. The number of amides is 1. The van der Waals surface area contributed by atoms with Gasteiger partial charge in [0.1, 0.15) is 11.5 Å². The Labute approximate surface area is 122 Å². The van der Waals surface area contributed by atoms with Crippen molar-refractivity contribution in [2.24, 2.45) is 0 Å². The van der Waals surface area contributed by atoms with Gasteiger partial charge < -0.3 is 10.6 Å². The second-order valence-electron chi connectivity index (χ2n) is 4.20. The number of nitrogens with one attached hydrogen (secondary N) is 2. The van der Waals surface area contributed by atoms with Crippen molar-refractivity contribution < 1.29 is 4.79 Å². The Kier molecular flexibility index (Phi) is 4.53. The Morgan fingerprint density at radius 1 is 1.35 bits per heavy atom. The van der Waals surface area contributed by atoms with Gasteiger partial charge >= 0.3 is 0 Å². The van der Waals surface area contributed by atoms with Crippen molar-refractivity contribution >= 4 is 29.0 Å². The van der Waals surface area contributed by atoms with E-state index in [4.69, 9.17) is 11.6 Å². The molecule has 0 aromatic carbocycles. The summed E-state index contributed by atoms with van der Waals surface area (Å²) in [7, 11) is 0. The van der Waals surface area contributed by atoms with E-state index in [0.717, 1.165) is 12.1 Å². The number of carbonyl (C=O) groups excluding carboxylic acids is 1. The van der Waals surface area contributed by atoms with E-state index < -0.39 is 0 Å². The van der Waals surface area contributed by atoms with Crippen LogP contribution in [0.1, 0.15) is 23.0 Å². The number of nitrogens with zero attached hydrogens (tertiary/aromatic N) is 2. The highest BCUT2D eigenvalue weighted by Gasteiger charge is 2.14. The Morgan fingerprint density at radius 2 is 2.15 bits per heavy atom. The minimum Gasteiger partial charge on any atom is -0.370 e. The quantitative estimate of drug-likeness (QED) is 0.908. The molecule has 5 nitrogen and oxygen atoms in total. The summed E-state index contributed by atoms with van der Waals surface area (Å²) < 4.78 is 0. The fourth-order valence-electron chi connectivity index (χ4n) is 1.68. The summed E-state index contributed by atoms with van der Waals surface area (Å²) in [4.78, 5) is 20.4. The lowest BCUT2D eigenvalue weighted by molar-refractivity contribution is 0.102. The smallest absolute Gasteiger partial charge is 0.275 e. The van der Waals surface area contributed by atoms with E-state index in [9.17, 15) is 4.79 Å². The molecule has 2 heterocycles. The van der Waals surface area contributed by atoms with E-state index in [1.807, 2.05) is 13.8 Å². The van der Waals surface area contributed by atoms with Gasteiger partial charge in [-0.15, -0.1) is 0 Å². The molecule has 2 rings (SSSR count). The molecule has 0 saturated carbocycles. The summed E-state index contributed by atoms with van der Waals surface area (Å²) in [6.07, 6.45) is 3.30. The fraction of sp³-hybridized carbons (Fsp3) is 0.214. The largest absolute Gasteiger partial charge is 0.370 e. The molecule has 0 aliphatic rings. The third-order valence-corrected chi connectivity index (χ3v) is 2.99. The first kappa shape index (κ1) is 14.3. The fourth-order valence-corrected chi connectivity index (χ4v) is 1.87. The van der Waals surface area contributed by atoms with Gasteiger partial charge in [0.05, 0.1) is 5.02 Å². The maximum atomic E-state index is 12.2. The number of carbonyl (C=O) groups is 1. The zero-order valence-corrected chi connectivity index (χ0v) is 12.0. The van der Waals surface area contributed by atoms with Crippen LogP contribution in [0.4, 0.5) is 11.5 Å². The number of aryl methyl sites for hydroxylation is 1. The van der Waals surface area contributed by atoms with Gasteiger partial charge in [0.15, 0.2) is 0 Å². The molecule has 104 valence electrons. The molecular weight excluding hydrogens is 276 g/mol. The van der Waals surface area contributed by atoms with Crippen molar-refractivity contribution in [3.05, 3.63) is 46.9 Å². The second-order valence-corrected chi connectivity index (χ2v) is 4.61. The topological polar surface area (TPSA) is 66.9 Å². The molecule has 0 radical (unpaired) electrons. The number of hydrogen-bond acceptors (Lipinski definition) is 4. The van der Waals surface area contributed by atoms with Gasteiger partial charge in [0.2, 0.25) is 0 Å². The second kappa shape index (κ2) is 6.34. The van der Waals surface area contributed by atoms with Gasteiger partial charge in [-0.25, -0.2) is 4.98 Å². The van der Waals surface area contributed by atoms with Crippen LogP contribution >= 0.6 is 11.6 Å². The predicted molar refractivity (Wildman–Crippen MR) is 80.3 cm³/mol. The first-order valence-electron chi connectivity index (χ1n) is 6.24. The van der Waals surface area contributed by atoms with Crippen molar-refractivity contribution in [1.82, 2.24) is 9.97 Å². The van der Waals surface area contributed by atoms with E-state index in [1.165, 1.54) is 0 Å². The third-order valence-electron chi connectivity index (χ3n) is 2.69. The molecule has 0 saturated heterocycles. The molecule has 2 aromatic rings. The average molecular weight is 291 g/mol. The van der Waals surface area contributed by atoms with Gasteiger partial charge in [-0.05, 0) is 37.6 Å². The zero-order chi connectivity index (χ0) is 14.5. The molecule has 0 bridgehead atoms. The van der Waals surface area contributed by atoms with Gasteiger partial charge in [0.25, 0.3) is 5.91 Å². The maximum absolute atomic E-state index is 12.2. The number of anilines is 2. The Balaban J connectivity index is 2.25. The lowest BCUT2D eigenvalue weighted by Gasteiger charge is -2.10. The van der Waals surface area contributed by atoms with E-state index >= 15 is 0 Å². The third kappa shape index (κ3) is 3.24. The van der Waals surface area contributed by atoms with Crippen LogP contribution in [0.25, 0.3) is 0 Å². The standard InChI is InChI=1S/C14H15ClN4O/c1-3-17-12-5-4-10(15)13(19-12)14(20)18-11-6-7-16-8-9(11)2/h4-8H,3H2,1-2H3,(H,17,19)(H,16,18,20). The molecular formula is C14H15ClN4O. The number of halogens is 1. The highest BCUT2D eigenvalue weighted by Crippen LogP contribution is 2.19. The van der Waals surface area contributed by atoms with Crippen LogP contribution in [0.2, 0.25) is 5.02 Å². The molecule has 2 aromatic heterocycles. The molecule has 0 spiro atoms. The van der Waals surface area contributed by atoms with E-state index in [2.05, 4.69) is 20.6 Å². The summed E-state index contributed by atoms with van der Waals surface area (Å²) in [6.45, 7) is 4.54. The molecule has 20 heavy (non-hydrogen) atoms. The molecule has 0 atom stereocenters. The molecule has 0 fully saturated rings. The van der Waals surface area contributed by atoms with Crippen LogP contribution in [-0.4, -0.2) is 22.4 Å². The van der Waals surface area contributed by atoms with Crippen LogP contribution in [0.15, 0.2) is 30.6 Å². The molecule has 1 amide bonds. The maximum Gasteiger partial charge on any atom is 0.275 e. The normalized spacial score (nSPS) is 10.2. The molecule has 0 unspecified atom stereocenters. The van der Waals surface area contributed by atoms with Crippen molar-refractivity contribution in [3.63, 3.8) is 0 Å². The summed E-state index contributed by atoms with van der Waals surface area (Å²) in [5.41, 5.74) is 1.76. The SMILES string of the molecule is CCNc1ccc(Cl)c(C(=O)Nc2ccncc2C)n1. The summed E-state index contributed by atoms with van der Waals surface area (Å²) in [5.74, 6) is 0.276. The highest BCUT2D eigenvalue weighted by molar-refractivity contribution is 6.34. The van der Waals surface area contributed by atoms with Gasteiger partial charge in [-0.1, -0.05) is 11.6 Å². The lowest BCUT2D eigenvalue weighted by Crippen LogP contribution is -2.16. The first-order valence-corrected chi connectivity index (χ1v) is 6.62. The molecule has 0 aliphatic heterocycles. The number of rotatable bonds is 4. The zero-order valence-electron chi connectivity index (χ0n) is 11.3. The Bertz CT molecular complexity index is 630. The summed E-state index contributed by atoms with van der Waals surface area (Å²) >= 11 is 6.03. The van der Waals surface area contributed by atoms with Gasteiger partial charge in [0, 0.05) is 24.6 Å². The summed E-state index contributed by atoms with van der Waals surface area (Å²) in [6, 6.07) is 5.12. The van der Waals surface area contributed by atoms with Crippen LogP contribution in [0, 0.1) is 6.92 Å². The number of hydrogen-bond donors (Lipinski definition) is 2. The van der Waals surface area contributed by atoms with Gasteiger partial charge in [-0.2, -0.15) is 0 Å². The van der Waals surface area contributed by atoms with Crippen molar-refractivity contribution in [2.75, 3.05) is 17.2 Å². The highest BCUT2D eigenvalue weighted by atomic mass is 35.5. The minimum atomic E-state index is -0.343. The molecule has 0 aliphatic carbocycles. The van der Waals surface area contributed by atoms with Crippen LogP contribution in [0.3, 0.4) is 0 Å². The monoisotopic (exact) mass is 290 g/mol. The predicted octanol–water partition coefficient (Wildman–Crippen LogP) is 3.12. The van der Waals surface area contributed by atoms with Crippen LogP contribution in [0.5, 0.6) is 0 Å². The minimum absolute atomic E-state index is 0.196. The van der Waals surface area contributed by atoms with Crippen molar-refractivity contribution in [1.29, 1.82) is 0 Å². The molecule has 2 N–H and O–H groups in total. The van der Waals surface area contributed by atoms with E-state index in [1.54, 1.807) is 30.6 Å². The van der Waals surface area contributed by atoms with Gasteiger partial charge in [-0.3, -0.25) is 9.78 Å². The molecule has 6 heteroatoms. The van der Waals surface area contributed by atoms with Crippen molar-refractivity contribution in [2.45, 2.75) is 13.8 Å².